The Morgan fingerprint density at radius 2 is 1.84 bits per heavy atom. The fourth-order valence-corrected chi connectivity index (χ4v) is 4.96. The number of benzene rings is 1. The Morgan fingerprint density at radius 1 is 1.06 bits per heavy atom. The number of nitrogens with zero attached hydrogens (tertiary/aromatic N) is 1. The van der Waals surface area contributed by atoms with Crippen molar-refractivity contribution < 1.29 is 23.7 Å². The van der Waals surface area contributed by atoms with Crippen molar-refractivity contribution in [2.75, 3.05) is 40.5 Å². The molecule has 1 aliphatic carbocycles. The zero-order chi connectivity index (χ0) is 21.8. The summed E-state index contributed by atoms with van der Waals surface area (Å²) < 4.78 is 22.9. The van der Waals surface area contributed by atoms with Gasteiger partial charge in [-0.15, -0.1) is 0 Å². The largest absolute Gasteiger partial charge is 0.496 e. The van der Waals surface area contributed by atoms with Crippen molar-refractivity contribution in [3.05, 3.63) is 30.0 Å². The van der Waals surface area contributed by atoms with E-state index in [9.17, 15) is 4.79 Å². The van der Waals surface area contributed by atoms with Crippen molar-refractivity contribution in [3.63, 3.8) is 0 Å². The van der Waals surface area contributed by atoms with Gasteiger partial charge < -0.3 is 23.8 Å². The molecular formula is C25H35NO5. The van der Waals surface area contributed by atoms with Gasteiger partial charge in [0.05, 0.1) is 44.7 Å². The molecule has 1 saturated heterocycles. The SMILES string of the molecule is COc1ccc(C2=COC3CC(OCCN4CCC(C)CC4)CCC3C2=O)cc1OC. The van der Waals surface area contributed by atoms with Crippen LogP contribution in [0.25, 0.3) is 5.57 Å². The number of Topliss-reactive ketones (excluding diaryl/α,β-unsaturated/α-hetero) is 1. The van der Waals surface area contributed by atoms with Gasteiger partial charge in [-0.05, 0) is 62.4 Å². The standard InChI is InChI=1S/C25H35NO5/c1-17-8-10-26(11-9-17)12-13-30-19-5-6-20-23(15-19)31-16-21(25(20)27)18-4-7-22(28-2)24(14-18)29-3/h4,7,14,16-17,19-20,23H,5-6,8-13,15H2,1-3H3. The summed E-state index contributed by atoms with van der Waals surface area (Å²) in [7, 11) is 3.20. The van der Waals surface area contributed by atoms with E-state index in [0.717, 1.165) is 43.9 Å². The van der Waals surface area contributed by atoms with Crippen LogP contribution in [0.4, 0.5) is 0 Å². The molecule has 0 bridgehead atoms. The lowest BCUT2D eigenvalue weighted by molar-refractivity contribution is -0.128. The van der Waals surface area contributed by atoms with Crippen molar-refractivity contribution in [1.82, 2.24) is 4.90 Å². The molecule has 2 fully saturated rings. The third-order valence-electron chi connectivity index (χ3n) is 7.04. The van der Waals surface area contributed by atoms with Gasteiger partial charge in [-0.1, -0.05) is 13.0 Å². The number of carbonyl (C=O) groups excluding carboxylic acids is 1. The molecule has 3 unspecified atom stereocenters. The fourth-order valence-electron chi connectivity index (χ4n) is 4.96. The number of piperidine rings is 1. The average molecular weight is 430 g/mol. The molecule has 3 aliphatic rings. The number of allylic oxidation sites excluding steroid dienone is 1. The number of likely N-dealkylation sites (tertiary alicyclic amines) is 1. The molecule has 6 heteroatoms. The summed E-state index contributed by atoms with van der Waals surface area (Å²) in [4.78, 5) is 15.7. The number of hydrogen-bond donors (Lipinski definition) is 0. The summed E-state index contributed by atoms with van der Waals surface area (Å²) in [6.07, 6.45) is 6.78. The number of ether oxygens (including phenoxy) is 4. The monoisotopic (exact) mass is 429 g/mol. The van der Waals surface area contributed by atoms with Crippen LogP contribution in [-0.2, 0) is 14.3 Å². The molecule has 4 rings (SSSR count). The van der Waals surface area contributed by atoms with Crippen molar-refractivity contribution in [1.29, 1.82) is 0 Å². The molecule has 2 aliphatic heterocycles. The van der Waals surface area contributed by atoms with E-state index in [-0.39, 0.29) is 23.9 Å². The number of methoxy groups -OCH3 is 2. The Morgan fingerprint density at radius 3 is 2.58 bits per heavy atom. The lowest BCUT2D eigenvalue weighted by Gasteiger charge is -2.38. The summed E-state index contributed by atoms with van der Waals surface area (Å²) in [6, 6.07) is 5.54. The highest BCUT2D eigenvalue weighted by Crippen LogP contribution is 2.39. The molecule has 0 amide bonds. The molecule has 1 aromatic carbocycles. The first-order valence-corrected chi connectivity index (χ1v) is 11.5. The Labute approximate surface area is 185 Å². The topological polar surface area (TPSA) is 57.2 Å². The highest BCUT2D eigenvalue weighted by atomic mass is 16.5. The summed E-state index contributed by atoms with van der Waals surface area (Å²) in [6.45, 7) is 6.46. The van der Waals surface area contributed by atoms with E-state index in [2.05, 4.69) is 11.8 Å². The van der Waals surface area contributed by atoms with Gasteiger partial charge in [0.1, 0.15) is 6.10 Å². The zero-order valence-corrected chi connectivity index (χ0v) is 19.0. The van der Waals surface area contributed by atoms with Crippen LogP contribution >= 0.6 is 0 Å². The first-order valence-electron chi connectivity index (χ1n) is 11.5. The van der Waals surface area contributed by atoms with Gasteiger partial charge in [0, 0.05) is 13.0 Å². The molecule has 0 aromatic heterocycles. The molecule has 0 spiro atoms. The highest BCUT2D eigenvalue weighted by molar-refractivity contribution is 6.22. The summed E-state index contributed by atoms with van der Waals surface area (Å²) in [5.41, 5.74) is 1.41. The first-order chi connectivity index (χ1) is 15.1. The second-order valence-electron chi connectivity index (χ2n) is 9.08. The molecule has 170 valence electrons. The van der Waals surface area contributed by atoms with E-state index >= 15 is 0 Å². The molecule has 2 heterocycles. The maximum Gasteiger partial charge on any atom is 0.173 e. The lowest BCUT2D eigenvalue weighted by atomic mass is 9.78. The lowest BCUT2D eigenvalue weighted by Crippen LogP contribution is -2.42. The minimum Gasteiger partial charge on any atom is -0.496 e. The quantitative estimate of drug-likeness (QED) is 0.655. The van der Waals surface area contributed by atoms with Gasteiger partial charge >= 0.3 is 0 Å². The van der Waals surface area contributed by atoms with Gasteiger partial charge in [0.2, 0.25) is 0 Å². The van der Waals surface area contributed by atoms with Gasteiger partial charge in [0.15, 0.2) is 17.3 Å². The number of ketones is 1. The second-order valence-corrected chi connectivity index (χ2v) is 9.08. The molecule has 1 aromatic rings. The van der Waals surface area contributed by atoms with Gasteiger partial charge in [-0.25, -0.2) is 0 Å². The van der Waals surface area contributed by atoms with Crippen molar-refractivity contribution in [3.8, 4) is 11.5 Å². The maximum absolute atomic E-state index is 13.2. The number of hydrogen-bond acceptors (Lipinski definition) is 6. The summed E-state index contributed by atoms with van der Waals surface area (Å²) in [5.74, 6) is 2.16. The van der Waals surface area contributed by atoms with Crippen molar-refractivity contribution >= 4 is 11.4 Å². The van der Waals surface area contributed by atoms with E-state index in [1.807, 2.05) is 18.2 Å². The van der Waals surface area contributed by atoms with Crippen molar-refractivity contribution in [2.24, 2.45) is 11.8 Å². The third-order valence-corrected chi connectivity index (χ3v) is 7.04. The number of rotatable bonds is 7. The third kappa shape index (κ3) is 5.07. The highest BCUT2D eigenvalue weighted by Gasteiger charge is 2.40. The van der Waals surface area contributed by atoms with E-state index in [1.54, 1.807) is 20.5 Å². The minimum atomic E-state index is -0.100. The average Bonchev–Trinajstić information content (AvgIpc) is 2.80. The van der Waals surface area contributed by atoms with Gasteiger partial charge in [-0.3, -0.25) is 4.79 Å². The Balaban J connectivity index is 1.32. The Bertz CT molecular complexity index is 799. The minimum absolute atomic E-state index is 0.0917. The van der Waals surface area contributed by atoms with Crippen LogP contribution in [0.15, 0.2) is 24.5 Å². The van der Waals surface area contributed by atoms with E-state index in [1.165, 1.54) is 25.9 Å². The van der Waals surface area contributed by atoms with Crippen LogP contribution in [-0.4, -0.2) is 63.4 Å². The zero-order valence-electron chi connectivity index (χ0n) is 19.0. The fraction of sp³-hybridized carbons (Fsp3) is 0.640. The van der Waals surface area contributed by atoms with Gasteiger partial charge in [0.25, 0.3) is 0 Å². The summed E-state index contributed by atoms with van der Waals surface area (Å²) >= 11 is 0. The van der Waals surface area contributed by atoms with E-state index < -0.39 is 0 Å². The van der Waals surface area contributed by atoms with Crippen LogP contribution in [0.5, 0.6) is 11.5 Å². The van der Waals surface area contributed by atoms with Crippen LogP contribution < -0.4 is 9.47 Å². The first kappa shape index (κ1) is 22.2. The van der Waals surface area contributed by atoms with E-state index in [4.69, 9.17) is 18.9 Å². The molecule has 0 N–H and O–H groups in total. The molecule has 1 saturated carbocycles. The molecule has 0 radical (unpaired) electrons. The Hall–Kier alpha value is -2.05. The predicted molar refractivity (Wildman–Crippen MR) is 119 cm³/mol. The smallest absolute Gasteiger partial charge is 0.173 e. The van der Waals surface area contributed by atoms with Crippen LogP contribution in [0, 0.1) is 11.8 Å². The van der Waals surface area contributed by atoms with Crippen molar-refractivity contribution in [2.45, 2.75) is 51.2 Å². The van der Waals surface area contributed by atoms with Crippen LogP contribution in [0.3, 0.4) is 0 Å². The Kier molecular flexibility index (Phi) is 7.18. The van der Waals surface area contributed by atoms with Crippen LogP contribution in [0.2, 0.25) is 0 Å². The second kappa shape index (κ2) is 10.0. The summed E-state index contributed by atoms with van der Waals surface area (Å²) in [5, 5.41) is 0. The maximum atomic E-state index is 13.2. The molecule has 31 heavy (non-hydrogen) atoms. The molecule has 3 atom stereocenters. The van der Waals surface area contributed by atoms with Gasteiger partial charge in [-0.2, -0.15) is 0 Å². The normalized spacial score (nSPS) is 27.3. The predicted octanol–water partition coefficient (Wildman–Crippen LogP) is 3.93. The molecular weight excluding hydrogens is 394 g/mol. The molecule has 6 nitrogen and oxygen atoms in total. The van der Waals surface area contributed by atoms with Crippen LogP contribution in [0.1, 0.15) is 44.6 Å². The number of fused-ring (bicyclic) bond motifs is 1. The number of carbonyl (C=O) groups is 1. The van der Waals surface area contributed by atoms with E-state index in [0.29, 0.717) is 17.1 Å².